The average molecular weight is 406 g/mol. The molecule has 2 aromatic carbocycles. The summed E-state index contributed by atoms with van der Waals surface area (Å²) in [5, 5.41) is 2.61. The number of anilines is 1. The highest BCUT2D eigenvalue weighted by molar-refractivity contribution is 5.93. The number of amides is 2. The molecule has 0 bridgehead atoms. The lowest BCUT2D eigenvalue weighted by Gasteiger charge is -2.32. The summed E-state index contributed by atoms with van der Waals surface area (Å²) in [7, 11) is 3.44. The van der Waals surface area contributed by atoms with E-state index in [9.17, 15) is 9.59 Å². The SMILES string of the molecule is CNC(=O)c1ccc(CN(C)C(=O)C2CCN(c3nc4ccccc4o3)CC2)cc1. The quantitative estimate of drug-likeness (QED) is 0.705. The van der Waals surface area contributed by atoms with Gasteiger partial charge in [0.25, 0.3) is 11.9 Å². The number of rotatable bonds is 5. The number of hydrogen-bond donors (Lipinski definition) is 1. The van der Waals surface area contributed by atoms with Crippen LogP contribution in [-0.2, 0) is 11.3 Å². The second kappa shape index (κ2) is 8.57. The molecule has 1 N–H and O–H groups in total. The van der Waals surface area contributed by atoms with E-state index in [0.717, 1.165) is 42.6 Å². The standard InChI is InChI=1S/C23H26N4O3/c1-24-21(28)17-9-7-16(8-10-17)15-26(2)22(29)18-11-13-27(14-12-18)23-25-19-5-3-4-6-20(19)30-23/h3-10,18H,11-15H2,1-2H3,(H,24,28). The van der Waals surface area contributed by atoms with Crippen molar-refractivity contribution in [2.24, 2.45) is 5.92 Å². The Balaban J connectivity index is 1.32. The molecule has 3 aromatic rings. The van der Waals surface area contributed by atoms with Crippen molar-refractivity contribution in [2.75, 3.05) is 32.1 Å². The fourth-order valence-electron chi connectivity index (χ4n) is 3.88. The first kappa shape index (κ1) is 19.9. The van der Waals surface area contributed by atoms with E-state index >= 15 is 0 Å². The minimum Gasteiger partial charge on any atom is -0.423 e. The number of carbonyl (C=O) groups excluding carboxylic acids is 2. The highest BCUT2D eigenvalue weighted by Gasteiger charge is 2.29. The Hall–Kier alpha value is -3.35. The molecular weight excluding hydrogens is 380 g/mol. The van der Waals surface area contributed by atoms with Crippen LogP contribution in [0.3, 0.4) is 0 Å². The Morgan fingerprint density at radius 2 is 1.83 bits per heavy atom. The monoisotopic (exact) mass is 406 g/mol. The molecule has 1 aliphatic heterocycles. The van der Waals surface area contributed by atoms with E-state index in [2.05, 4.69) is 15.2 Å². The smallest absolute Gasteiger partial charge is 0.298 e. The van der Waals surface area contributed by atoms with Crippen LogP contribution in [0.25, 0.3) is 11.1 Å². The Kier molecular flexibility index (Phi) is 5.70. The van der Waals surface area contributed by atoms with Crippen molar-refractivity contribution in [3.05, 3.63) is 59.7 Å². The molecular formula is C23H26N4O3. The summed E-state index contributed by atoms with van der Waals surface area (Å²) in [6, 6.07) is 15.7. The lowest BCUT2D eigenvalue weighted by atomic mass is 9.95. The van der Waals surface area contributed by atoms with Crippen LogP contribution in [-0.4, -0.2) is 48.9 Å². The number of nitrogens with zero attached hydrogens (tertiary/aromatic N) is 3. The number of fused-ring (bicyclic) bond motifs is 1. The van der Waals surface area contributed by atoms with Crippen molar-refractivity contribution in [2.45, 2.75) is 19.4 Å². The van der Waals surface area contributed by atoms with Gasteiger partial charge in [0.05, 0.1) is 0 Å². The molecule has 1 aliphatic rings. The van der Waals surface area contributed by atoms with Crippen LogP contribution >= 0.6 is 0 Å². The van der Waals surface area contributed by atoms with Crippen LogP contribution in [0.15, 0.2) is 52.9 Å². The van der Waals surface area contributed by atoms with Crippen molar-refractivity contribution >= 4 is 28.9 Å². The normalized spacial score (nSPS) is 14.7. The second-order valence-corrected chi connectivity index (χ2v) is 7.70. The molecule has 0 radical (unpaired) electrons. The van der Waals surface area contributed by atoms with Gasteiger partial charge < -0.3 is 19.5 Å². The lowest BCUT2D eigenvalue weighted by molar-refractivity contribution is -0.135. The van der Waals surface area contributed by atoms with Gasteiger partial charge in [0.1, 0.15) is 5.52 Å². The molecule has 0 unspecified atom stereocenters. The van der Waals surface area contributed by atoms with Gasteiger partial charge in [-0.2, -0.15) is 4.98 Å². The van der Waals surface area contributed by atoms with E-state index in [1.807, 2.05) is 43.4 Å². The van der Waals surface area contributed by atoms with Gasteiger partial charge in [-0.1, -0.05) is 24.3 Å². The molecule has 2 heterocycles. The number of para-hydroxylation sites is 2. The maximum atomic E-state index is 12.9. The number of aromatic nitrogens is 1. The summed E-state index contributed by atoms with van der Waals surface area (Å²) in [6.07, 6.45) is 1.55. The number of benzene rings is 2. The first-order chi connectivity index (χ1) is 14.5. The van der Waals surface area contributed by atoms with Gasteiger partial charge in [-0.3, -0.25) is 9.59 Å². The molecule has 0 atom stereocenters. The molecule has 7 nitrogen and oxygen atoms in total. The van der Waals surface area contributed by atoms with E-state index in [4.69, 9.17) is 4.42 Å². The Morgan fingerprint density at radius 3 is 2.50 bits per heavy atom. The van der Waals surface area contributed by atoms with Gasteiger partial charge in [-0.15, -0.1) is 0 Å². The van der Waals surface area contributed by atoms with Gasteiger partial charge in [0, 0.05) is 45.2 Å². The zero-order valence-corrected chi connectivity index (χ0v) is 17.3. The number of carbonyl (C=O) groups is 2. The molecule has 1 saturated heterocycles. The largest absolute Gasteiger partial charge is 0.423 e. The number of hydrogen-bond acceptors (Lipinski definition) is 5. The molecule has 0 saturated carbocycles. The Labute approximate surface area is 175 Å². The summed E-state index contributed by atoms with van der Waals surface area (Å²) in [4.78, 5) is 33.0. The summed E-state index contributed by atoms with van der Waals surface area (Å²) < 4.78 is 5.86. The summed E-state index contributed by atoms with van der Waals surface area (Å²) in [5.41, 5.74) is 3.25. The van der Waals surface area contributed by atoms with E-state index < -0.39 is 0 Å². The van der Waals surface area contributed by atoms with E-state index in [0.29, 0.717) is 18.1 Å². The van der Waals surface area contributed by atoms with Gasteiger partial charge in [0.15, 0.2) is 5.58 Å². The fraction of sp³-hybridized carbons (Fsp3) is 0.348. The van der Waals surface area contributed by atoms with Crippen LogP contribution in [0.2, 0.25) is 0 Å². The number of nitrogens with one attached hydrogen (secondary N) is 1. The predicted octanol–water partition coefficient (Wildman–Crippen LogP) is 3.06. The molecule has 30 heavy (non-hydrogen) atoms. The van der Waals surface area contributed by atoms with E-state index in [1.165, 1.54) is 0 Å². The van der Waals surface area contributed by atoms with Crippen molar-refractivity contribution in [1.82, 2.24) is 15.2 Å². The highest BCUT2D eigenvalue weighted by Crippen LogP contribution is 2.27. The third-order valence-electron chi connectivity index (χ3n) is 5.64. The highest BCUT2D eigenvalue weighted by atomic mass is 16.4. The Morgan fingerprint density at radius 1 is 1.13 bits per heavy atom. The minimum atomic E-state index is -0.114. The molecule has 4 rings (SSSR count). The molecule has 7 heteroatoms. The number of piperidine rings is 1. The zero-order valence-electron chi connectivity index (χ0n) is 17.3. The van der Waals surface area contributed by atoms with Crippen molar-refractivity contribution in [1.29, 1.82) is 0 Å². The third kappa shape index (κ3) is 4.15. The average Bonchev–Trinajstić information content (AvgIpc) is 3.23. The van der Waals surface area contributed by atoms with Crippen LogP contribution < -0.4 is 10.2 Å². The van der Waals surface area contributed by atoms with Crippen molar-refractivity contribution in [3.8, 4) is 0 Å². The molecule has 1 fully saturated rings. The molecule has 2 amide bonds. The molecule has 0 aliphatic carbocycles. The molecule has 1 aromatic heterocycles. The predicted molar refractivity (Wildman–Crippen MR) is 115 cm³/mol. The zero-order chi connectivity index (χ0) is 21.1. The third-order valence-corrected chi connectivity index (χ3v) is 5.64. The maximum Gasteiger partial charge on any atom is 0.298 e. The first-order valence-corrected chi connectivity index (χ1v) is 10.2. The topological polar surface area (TPSA) is 78.7 Å². The minimum absolute atomic E-state index is 0.000714. The van der Waals surface area contributed by atoms with Crippen molar-refractivity contribution in [3.63, 3.8) is 0 Å². The maximum absolute atomic E-state index is 12.9. The van der Waals surface area contributed by atoms with E-state index in [-0.39, 0.29) is 17.7 Å². The van der Waals surface area contributed by atoms with Gasteiger partial charge in [0.2, 0.25) is 5.91 Å². The summed E-state index contributed by atoms with van der Waals surface area (Å²) in [6.45, 7) is 2.02. The lowest BCUT2D eigenvalue weighted by Crippen LogP contribution is -2.41. The van der Waals surface area contributed by atoms with Crippen molar-refractivity contribution < 1.29 is 14.0 Å². The van der Waals surface area contributed by atoms with Gasteiger partial charge >= 0.3 is 0 Å². The van der Waals surface area contributed by atoms with Gasteiger partial charge in [-0.25, -0.2) is 0 Å². The van der Waals surface area contributed by atoms with Crippen LogP contribution in [0.5, 0.6) is 0 Å². The molecule has 156 valence electrons. The second-order valence-electron chi connectivity index (χ2n) is 7.70. The van der Waals surface area contributed by atoms with Crippen LogP contribution in [0.1, 0.15) is 28.8 Å². The number of oxazole rings is 1. The molecule has 0 spiro atoms. The van der Waals surface area contributed by atoms with Gasteiger partial charge in [-0.05, 0) is 42.7 Å². The fourth-order valence-corrected chi connectivity index (χ4v) is 3.88. The summed E-state index contributed by atoms with van der Waals surface area (Å²) in [5.74, 6) is 0.0417. The first-order valence-electron chi connectivity index (χ1n) is 10.2. The van der Waals surface area contributed by atoms with Crippen LogP contribution in [0, 0.1) is 5.92 Å². The Bertz CT molecular complexity index is 1000. The van der Waals surface area contributed by atoms with Crippen LogP contribution in [0.4, 0.5) is 6.01 Å². The summed E-state index contributed by atoms with van der Waals surface area (Å²) >= 11 is 0. The van der Waals surface area contributed by atoms with E-state index in [1.54, 1.807) is 24.1 Å².